The molecule has 616 valence electrons. The van der Waals surface area contributed by atoms with Crippen molar-refractivity contribution in [3.05, 3.63) is 287 Å². The normalized spacial score (nSPS) is 21.1. The zero-order chi connectivity index (χ0) is 82.9. The highest BCUT2D eigenvalue weighted by Gasteiger charge is 2.57. The van der Waals surface area contributed by atoms with Gasteiger partial charge in [0.05, 0.1) is 12.7 Å². The van der Waals surface area contributed by atoms with Gasteiger partial charge in [0.1, 0.15) is 28.6 Å². The molecule has 0 unspecified atom stereocenters. The largest absolute Gasteiger partial charge is 0.507 e. The summed E-state index contributed by atoms with van der Waals surface area (Å²) in [4.78, 5) is 18.4. The van der Waals surface area contributed by atoms with E-state index >= 15 is 0 Å². The van der Waals surface area contributed by atoms with Gasteiger partial charge in [-0.15, -0.1) is 0 Å². The minimum atomic E-state index is -0.313. The lowest BCUT2D eigenvalue weighted by atomic mass is 9.50. The maximum absolute atomic E-state index is 13.0. The second-order valence-corrected chi connectivity index (χ2v) is 44.1. The number of hydrogen-bond donors (Lipinski definition) is 1. The average molecular weight is 1680 g/mol. The van der Waals surface area contributed by atoms with Crippen molar-refractivity contribution >= 4 is 129 Å². The Hall–Kier alpha value is -9.85. The van der Waals surface area contributed by atoms with Crippen LogP contribution in [-0.4, -0.2) is 42.8 Å². The summed E-state index contributed by atoms with van der Waals surface area (Å²) in [6.45, 7) is 22.5. The van der Waals surface area contributed by atoms with Crippen LogP contribution in [0, 0.1) is 103 Å². The van der Waals surface area contributed by atoms with Crippen molar-refractivity contribution in [1.82, 2.24) is 0 Å². The van der Waals surface area contributed by atoms with E-state index < -0.39 is 0 Å². The van der Waals surface area contributed by atoms with E-state index in [1.165, 1.54) is 206 Å². The number of phenolic OH excluding ortho intramolecular Hbond substituents is 1. The van der Waals surface area contributed by atoms with Gasteiger partial charge in [0.2, 0.25) is 0 Å². The topological polar surface area (TPSA) is 83.5 Å². The number of rotatable bonds is 18. The number of thiophene rings is 4. The molecule has 12 aromatic carbocycles. The first-order valence-electron chi connectivity index (χ1n) is 44.5. The highest BCUT2D eigenvalue weighted by atomic mass is 32.2. The van der Waals surface area contributed by atoms with Crippen molar-refractivity contribution in [1.29, 1.82) is 0 Å². The molecule has 0 amide bonds. The molecule has 8 aliphatic carbocycles. The Morgan fingerprint density at radius 2 is 0.620 bits per heavy atom. The molecular weight excluding hydrogens is 1560 g/mol. The molecule has 8 bridgehead atoms. The van der Waals surface area contributed by atoms with Crippen LogP contribution in [0.25, 0.3) is 100 Å². The Morgan fingerprint density at radius 3 is 0.926 bits per heavy atom. The van der Waals surface area contributed by atoms with Gasteiger partial charge in [-0.25, -0.2) is 4.79 Å². The van der Waals surface area contributed by atoms with Gasteiger partial charge in [0, 0.05) is 134 Å². The molecule has 16 aromatic rings. The summed E-state index contributed by atoms with van der Waals surface area (Å²) in [5.74, 6) is 9.32. The second-order valence-electron chi connectivity index (χ2n) is 36.2. The van der Waals surface area contributed by atoms with Crippen LogP contribution in [0.3, 0.4) is 0 Å². The molecule has 4 aromatic heterocycles. The molecule has 8 fully saturated rings. The molecule has 11 heteroatoms. The van der Waals surface area contributed by atoms with Crippen LogP contribution in [0.15, 0.2) is 243 Å². The van der Waals surface area contributed by atoms with Crippen LogP contribution in [-0.2, 0) is 14.3 Å². The molecule has 1 N–H and O–H groups in total. The number of benzene rings is 12. The molecule has 7 nitrogen and oxygen atoms in total. The van der Waals surface area contributed by atoms with E-state index in [1.807, 2.05) is 13.8 Å². The Balaban J connectivity index is 0.000000108. The average Bonchev–Trinajstić information content (AvgIpc) is 1.72. The molecule has 24 rings (SSSR count). The van der Waals surface area contributed by atoms with Gasteiger partial charge in [-0.2, -0.15) is 0 Å². The predicted octanol–water partition coefficient (Wildman–Crippen LogP) is 31.4. The summed E-state index contributed by atoms with van der Waals surface area (Å²) in [6.07, 6.45) is 18.7. The van der Waals surface area contributed by atoms with Crippen molar-refractivity contribution in [2.45, 2.75) is 171 Å². The fourth-order valence-corrected chi connectivity index (χ4v) is 33.2. The molecule has 8 aliphatic rings. The first-order valence-corrected chi connectivity index (χ1v) is 49.4. The molecule has 0 aliphatic heterocycles. The lowest BCUT2D eigenvalue weighted by Crippen LogP contribution is -2.58. The lowest BCUT2D eigenvalue weighted by molar-refractivity contribution is -0.204. The zero-order valence-electron chi connectivity index (χ0n) is 71.8. The number of esters is 1. The Kier molecular flexibility index (Phi) is 22.8. The molecule has 4 heterocycles. The minimum Gasteiger partial charge on any atom is -0.507 e. The molecule has 0 spiro atoms. The van der Waals surface area contributed by atoms with Gasteiger partial charge >= 0.3 is 5.97 Å². The monoisotopic (exact) mass is 1670 g/mol. The van der Waals surface area contributed by atoms with Crippen molar-refractivity contribution in [2.24, 2.45) is 47.3 Å². The van der Waals surface area contributed by atoms with Crippen LogP contribution in [0.2, 0.25) is 0 Å². The van der Waals surface area contributed by atoms with Crippen LogP contribution in [0.4, 0.5) is 0 Å². The van der Waals surface area contributed by atoms with E-state index in [0.717, 1.165) is 88.0 Å². The number of carbonyl (C=O) groups is 1. The number of aromatic hydroxyl groups is 1. The number of aryl methyl sites for hydroxylation is 8. The Morgan fingerprint density at radius 1 is 0.347 bits per heavy atom. The minimum absolute atomic E-state index is 0.0275. The standard InChI is InChI=1S/C33H35O3S.C31H33O2S.C26H29OS.C20H16OS/c1-20-12-26(37-29-10-6-4-8-27(29)28-9-5-7-11-30(28)37)13-21(2)32(20)35-19-31(34)36-33(3)24-15-22-14-23(17-24)18-25(33)16-22;1-19-11-25(34-28-9-5-3-7-26(28)27-8-4-6-10-29(27)34)12-20(2)30(19)32-18-33-31-23-14-21-13-22(16-23)17-24(31)15-21;1-4-5-6-11-16-27-26-19(2)17-21(18-20(26)3)28-24-14-9-7-12-22(24)23-13-8-10-15-25(23)28;1-13-11-15(12-14(2)20(13)21)22-18-9-5-3-7-16(18)17-8-4-6-10-19(17)22/h4-13,22-25H,14-19H2,1-3H3;3-12,21-24,31H,13-18H2,1-2H3;7-10,12-15,17-18H,4-6,11,16H2,1-3H3;3-12H,1-2H3/q3*+1;/p+1. The molecular formula is C110H114O7S4+4. The van der Waals surface area contributed by atoms with Crippen molar-refractivity contribution in [3.8, 4) is 42.6 Å². The number of hydrogen-bond acceptors (Lipinski definition) is 7. The van der Waals surface area contributed by atoms with Gasteiger partial charge in [0.25, 0.3) is 0 Å². The maximum Gasteiger partial charge on any atom is 0.344 e. The van der Waals surface area contributed by atoms with Crippen LogP contribution in [0.5, 0.6) is 23.0 Å². The number of phenols is 1. The molecule has 121 heavy (non-hydrogen) atoms. The second kappa shape index (κ2) is 34.1. The summed E-state index contributed by atoms with van der Waals surface area (Å²) >= 11 is 0. The summed E-state index contributed by atoms with van der Waals surface area (Å²) in [6, 6.07) is 88.4. The smallest absolute Gasteiger partial charge is 0.344 e. The fourth-order valence-electron chi connectivity index (χ4n) is 22.9. The number of ether oxygens (including phenoxy) is 5. The van der Waals surface area contributed by atoms with Gasteiger partial charge in [-0.3, -0.25) is 0 Å². The van der Waals surface area contributed by atoms with Crippen molar-refractivity contribution in [3.63, 3.8) is 0 Å². The Labute approximate surface area is 724 Å². The Bertz CT molecular complexity index is 6240. The van der Waals surface area contributed by atoms with E-state index in [4.69, 9.17) is 23.7 Å². The van der Waals surface area contributed by atoms with E-state index in [1.54, 1.807) is 0 Å². The predicted molar refractivity (Wildman–Crippen MR) is 515 cm³/mol. The number of carbonyl (C=O) groups excluding carboxylic acids is 1. The highest BCUT2D eigenvalue weighted by molar-refractivity contribution is 7.51. The molecule has 8 saturated carbocycles. The summed E-state index contributed by atoms with van der Waals surface area (Å²) in [5, 5.41) is 20.9. The third-order valence-electron chi connectivity index (χ3n) is 28.0. The SMILES string of the molecule is CCCCCCOc1c(C)cc(-[s+]2c3ccccc3c3ccccc32)cc1C.Cc1cc(-[s+]2c3ccccc3c3ccccc32)cc(C)c1O.Cc1cc(-[s+]2c3ccccc3c3ccccc32)cc(C)c1OCC(=O)OC1(C)C2CC3CC(C2)CC1C3.Cc1cc(-[s+]2c3ccccc3c3ccccc32)cc(C)c1OCOC1C2CC3CC(C2)CC1C3. The third kappa shape index (κ3) is 15.4. The van der Waals surface area contributed by atoms with E-state index in [2.05, 4.69) is 298 Å². The van der Waals surface area contributed by atoms with Crippen molar-refractivity contribution < 1.29 is 33.6 Å². The zero-order valence-corrected chi connectivity index (χ0v) is 75.1. The summed E-state index contributed by atoms with van der Waals surface area (Å²) in [5.41, 5.74) is 8.63. The van der Waals surface area contributed by atoms with Crippen LogP contribution in [0.1, 0.15) is 148 Å². The third-order valence-corrected chi connectivity index (χ3v) is 37.2. The van der Waals surface area contributed by atoms with E-state index in [9.17, 15) is 9.90 Å². The van der Waals surface area contributed by atoms with E-state index in [0.29, 0.717) is 30.5 Å². The molecule has 0 atom stereocenters. The quantitative estimate of drug-likeness (QED) is 0.0397. The van der Waals surface area contributed by atoms with Crippen molar-refractivity contribution in [2.75, 3.05) is 20.0 Å². The molecule has 0 radical (unpaired) electrons. The van der Waals surface area contributed by atoms with Gasteiger partial charge in [-0.1, -0.05) is 123 Å². The van der Waals surface area contributed by atoms with E-state index in [-0.39, 0.29) is 60.1 Å². The first-order chi connectivity index (χ1) is 58.9. The van der Waals surface area contributed by atoms with Gasteiger partial charge in [0.15, 0.2) is 70.6 Å². The first kappa shape index (κ1) is 80.9. The molecule has 0 saturated heterocycles. The lowest BCUT2D eigenvalue weighted by Gasteiger charge is -2.59. The number of fused-ring (bicyclic) bond motifs is 12. The highest BCUT2D eigenvalue weighted by Crippen LogP contribution is 2.61. The summed E-state index contributed by atoms with van der Waals surface area (Å²) in [7, 11) is -0.326. The summed E-state index contributed by atoms with van der Waals surface area (Å²) < 4.78 is 42.6. The van der Waals surface area contributed by atoms with Crippen LogP contribution < -0.4 is 14.2 Å². The van der Waals surface area contributed by atoms with Gasteiger partial charge in [-0.05, 0) is 322 Å². The fraction of sp³-hybridized carbons (Fsp3) is 0.336. The number of unbranched alkanes of at least 4 members (excludes halogenated alkanes) is 3. The van der Waals surface area contributed by atoms with Crippen LogP contribution >= 0.6 is 41.9 Å². The van der Waals surface area contributed by atoms with Gasteiger partial charge < -0.3 is 28.8 Å². The maximum atomic E-state index is 13.0.